The Bertz CT molecular complexity index is 1230. The minimum Gasteiger partial charge on any atom is -0.343 e. The van der Waals surface area contributed by atoms with Crippen LogP contribution in [-0.4, -0.2) is 31.9 Å². The van der Waals surface area contributed by atoms with Crippen LogP contribution in [-0.2, 0) is 4.79 Å². The zero-order valence-electron chi connectivity index (χ0n) is 16.7. The summed E-state index contributed by atoms with van der Waals surface area (Å²) in [5.41, 5.74) is 4.45. The first kappa shape index (κ1) is 18.5. The Labute approximate surface area is 173 Å². The zero-order valence-corrected chi connectivity index (χ0v) is 16.7. The summed E-state index contributed by atoms with van der Waals surface area (Å²) < 4.78 is 0. The van der Waals surface area contributed by atoms with Crippen molar-refractivity contribution in [3.63, 3.8) is 0 Å². The Hall–Kier alpha value is -3.48. The lowest BCUT2D eigenvalue weighted by molar-refractivity contribution is -0.120. The van der Waals surface area contributed by atoms with Crippen molar-refractivity contribution in [1.29, 1.82) is 0 Å². The number of carbonyl (C=O) groups excluding carboxylic acids is 2. The average molecular weight is 401 g/mol. The summed E-state index contributed by atoms with van der Waals surface area (Å²) in [6.45, 7) is 1.95. The van der Waals surface area contributed by atoms with Gasteiger partial charge in [0.1, 0.15) is 5.78 Å². The minimum atomic E-state index is -0.240. The summed E-state index contributed by atoms with van der Waals surface area (Å²) in [5.74, 6) is 0.664. The summed E-state index contributed by atoms with van der Waals surface area (Å²) in [6.07, 6.45) is 2.91. The molecule has 1 atom stereocenters. The molecule has 1 fully saturated rings. The molecule has 4 aromatic rings. The van der Waals surface area contributed by atoms with Crippen LogP contribution in [0.15, 0.2) is 42.5 Å². The highest BCUT2D eigenvalue weighted by atomic mass is 16.2. The number of nitrogens with zero attached hydrogens (tertiary/aromatic N) is 2. The lowest BCUT2D eigenvalue weighted by Gasteiger charge is -2.19. The number of rotatable bonds is 4. The van der Waals surface area contributed by atoms with Crippen molar-refractivity contribution in [1.82, 2.24) is 25.5 Å². The molecule has 1 aliphatic rings. The SMILES string of the molecule is C[C@@H](NC(=O)c1nc2cc3c(C4CCC(=O)CC4)n[nH]c3cc2[nH]1)c1ccccc1. The van der Waals surface area contributed by atoms with Gasteiger partial charge in [0.2, 0.25) is 0 Å². The molecular weight excluding hydrogens is 378 g/mol. The van der Waals surface area contributed by atoms with E-state index in [9.17, 15) is 9.59 Å². The van der Waals surface area contributed by atoms with Crippen molar-refractivity contribution in [3.05, 3.63) is 59.5 Å². The van der Waals surface area contributed by atoms with Crippen LogP contribution in [0.2, 0.25) is 0 Å². The maximum atomic E-state index is 12.7. The molecule has 2 heterocycles. The van der Waals surface area contributed by atoms with E-state index in [1.807, 2.05) is 49.4 Å². The monoisotopic (exact) mass is 401 g/mol. The Kier molecular flexibility index (Phi) is 4.58. The van der Waals surface area contributed by atoms with Crippen LogP contribution in [0.4, 0.5) is 0 Å². The van der Waals surface area contributed by atoms with E-state index in [1.165, 1.54) is 0 Å². The number of carbonyl (C=O) groups is 2. The Morgan fingerprint density at radius 3 is 2.67 bits per heavy atom. The van der Waals surface area contributed by atoms with E-state index in [1.54, 1.807) is 0 Å². The highest BCUT2D eigenvalue weighted by Gasteiger charge is 2.24. The third-order valence-electron chi connectivity index (χ3n) is 5.99. The summed E-state index contributed by atoms with van der Waals surface area (Å²) in [6, 6.07) is 13.6. The van der Waals surface area contributed by atoms with E-state index in [0.29, 0.717) is 24.4 Å². The van der Waals surface area contributed by atoms with Crippen LogP contribution in [0.5, 0.6) is 0 Å². The van der Waals surface area contributed by atoms with Crippen molar-refractivity contribution in [2.24, 2.45) is 0 Å². The second-order valence-corrected chi connectivity index (χ2v) is 8.03. The second kappa shape index (κ2) is 7.40. The minimum absolute atomic E-state index is 0.119. The number of hydrogen-bond acceptors (Lipinski definition) is 4. The maximum absolute atomic E-state index is 12.7. The fraction of sp³-hybridized carbons (Fsp3) is 0.304. The first-order chi connectivity index (χ1) is 14.6. The third kappa shape index (κ3) is 3.36. The molecule has 0 aliphatic heterocycles. The molecule has 1 amide bonds. The van der Waals surface area contributed by atoms with Crippen LogP contribution in [0, 0.1) is 0 Å². The molecule has 0 saturated heterocycles. The van der Waals surface area contributed by atoms with E-state index in [0.717, 1.165) is 46.0 Å². The molecule has 0 spiro atoms. The van der Waals surface area contributed by atoms with Gasteiger partial charge in [-0.25, -0.2) is 4.98 Å². The molecule has 7 heteroatoms. The quantitative estimate of drug-likeness (QED) is 0.478. The molecule has 152 valence electrons. The lowest BCUT2D eigenvalue weighted by Crippen LogP contribution is -2.27. The number of aromatic nitrogens is 4. The van der Waals surface area contributed by atoms with Crippen LogP contribution in [0.25, 0.3) is 21.9 Å². The Morgan fingerprint density at radius 2 is 1.90 bits per heavy atom. The summed E-state index contributed by atoms with van der Waals surface area (Å²) >= 11 is 0. The fourth-order valence-electron chi connectivity index (χ4n) is 4.26. The van der Waals surface area contributed by atoms with Gasteiger partial charge in [-0.1, -0.05) is 30.3 Å². The molecule has 30 heavy (non-hydrogen) atoms. The molecule has 5 rings (SSSR count). The van der Waals surface area contributed by atoms with Crippen LogP contribution < -0.4 is 5.32 Å². The largest absolute Gasteiger partial charge is 0.343 e. The number of nitrogens with one attached hydrogen (secondary N) is 3. The van der Waals surface area contributed by atoms with E-state index in [2.05, 4.69) is 25.5 Å². The maximum Gasteiger partial charge on any atom is 0.287 e. The van der Waals surface area contributed by atoms with Gasteiger partial charge in [0.15, 0.2) is 5.82 Å². The smallest absolute Gasteiger partial charge is 0.287 e. The van der Waals surface area contributed by atoms with Gasteiger partial charge >= 0.3 is 0 Å². The number of fused-ring (bicyclic) bond motifs is 2. The van der Waals surface area contributed by atoms with Crippen molar-refractivity contribution < 1.29 is 9.59 Å². The summed E-state index contributed by atoms with van der Waals surface area (Å²) in [4.78, 5) is 31.9. The van der Waals surface area contributed by atoms with Gasteiger partial charge in [0, 0.05) is 24.1 Å². The Morgan fingerprint density at radius 1 is 1.13 bits per heavy atom. The third-order valence-corrected chi connectivity index (χ3v) is 5.99. The summed E-state index contributed by atoms with van der Waals surface area (Å²) in [5, 5.41) is 11.6. The van der Waals surface area contributed by atoms with Gasteiger partial charge in [0.25, 0.3) is 5.91 Å². The normalized spacial score (nSPS) is 16.2. The zero-order chi connectivity index (χ0) is 20.7. The second-order valence-electron chi connectivity index (χ2n) is 8.03. The predicted octanol–water partition coefficient (Wildman–Crippen LogP) is 4.16. The van der Waals surface area contributed by atoms with E-state index in [-0.39, 0.29) is 17.9 Å². The van der Waals surface area contributed by atoms with Gasteiger partial charge in [0.05, 0.1) is 28.3 Å². The van der Waals surface area contributed by atoms with Gasteiger partial charge in [-0.2, -0.15) is 5.10 Å². The molecule has 2 aromatic heterocycles. The number of imidazole rings is 1. The summed E-state index contributed by atoms with van der Waals surface area (Å²) in [7, 11) is 0. The van der Waals surface area contributed by atoms with Gasteiger partial charge in [-0.15, -0.1) is 0 Å². The number of H-pyrrole nitrogens is 2. The molecule has 7 nitrogen and oxygen atoms in total. The first-order valence-corrected chi connectivity index (χ1v) is 10.3. The molecule has 2 aromatic carbocycles. The number of amides is 1. The number of Topliss-reactive ketones (excluding diaryl/α,β-unsaturated/α-hetero) is 1. The van der Waals surface area contributed by atoms with Gasteiger partial charge in [-0.3, -0.25) is 14.7 Å². The molecule has 0 unspecified atom stereocenters. The van der Waals surface area contributed by atoms with Crippen molar-refractivity contribution in [2.45, 2.75) is 44.6 Å². The molecule has 1 aliphatic carbocycles. The van der Waals surface area contributed by atoms with Crippen molar-refractivity contribution in [2.75, 3.05) is 0 Å². The van der Waals surface area contributed by atoms with E-state index >= 15 is 0 Å². The predicted molar refractivity (Wildman–Crippen MR) is 114 cm³/mol. The topological polar surface area (TPSA) is 104 Å². The van der Waals surface area contributed by atoms with Crippen LogP contribution in [0.1, 0.15) is 66.4 Å². The van der Waals surface area contributed by atoms with E-state index < -0.39 is 0 Å². The lowest BCUT2D eigenvalue weighted by atomic mass is 9.85. The number of ketones is 1. The van der Waals surface area contributed by atoms with Crippen molar-refractivity contribution in [3.8, 4) is 0 Å². The van der Waals surface area contributed by atoms with Crippen molar-refractivity contribution >= 4 is 33.6 Å². The number of hydrogen-bond donors (Lipinski definition) is 3. The molecular formula is C23H23N5O2. The highest BCUT2D eigenvalue weighted by Crippen LogP contribution is 2.35. The van der Waals surface area contributed by atoms with Gasteiger partial charge < -0.3 is 10.3 Å². The standard InChI is InChI=1S/C23H23N5O2/c1-13(14-5-3-2-4-6-14)24-23(30)22-25-19-11-17-18(12-20(19)26-22)27-28-21(17)15-7-9-16(29)10-8-15/h2-6,11-13,15H,7-10H2,1H3,(H,24,30)(H,25,26)(H,27,28)/t13-/m1/s1. The molecule has 3 N–H and O–H groups in total. The van der Waals surface area contributed by atoms with Gasteiger partial charge in [-0.05, 0) is 37.5 Å². The highest BCUT2D eigenvalue weighted by molar-refractivity contribution is 5.99. The first-order valence-electron chi connectivity index (χ1n) is 10.3. The molecule has 1 saturated carbocycles. The Balaban J connectivity index is 1.42. The average Bonchev–Trinajstić information content (AvgIpc) is 3.37. The molecule has 0 radical (unpaired) electrons. The van der Waals surface area contributed by atoms with E-state index in [4.69, 9.17) is 0 Å². The van der Waals surface area contributed by atoms with Crippen LogP contribution >= 0.6 is 0 Å². The fourth-order valence-corrected chi connectivity index (χ4v) is 4.26. The van der Waals surface area contributed by atoms with Crippen LogP contribution in [0.3, 0.4) is 0 Å². The number of benzene rings is 2. The molecule has 0 bridgehead atoms. The number of aromatic amines is 2.